The minimum atomic E-state index is -0.414. The number of piperazine rings is 1. The Morgan fingerprint density at radius 2 is 1.76 bits per heavy atom. The van der Waals surface area contributed by atoms with Gasteiger partial charge in [-0.05, 0) is 30.3 Å². The fourth-order valence-corrected chi connectivity index (χ4v) is 3.45. The van der Waals surface area contributed by atoms with Crippen molar-refractivity contribution in [3.8, 4) is 11.5 Å². The van der Waals surface area contributed by atoms with Crippen LogP contribution in [0.4, 0.5) is 10.1 Å². The lowest BCUT2D eigenvalue weighted by Crippen LogP contribution is -2.46. The topological polar surface area (TPSA) is 54.0 Å². The smallest absolute Gasteiger partial charge is 0.225 e. The Kier molecular flexibility index (Phi) is 7.43. The van der Waals surface area contributed by atoms with Gasteiger partial charge < -0.3 is 19.7 Å². The third-order valence-electron chi connectivity index (χ3n) is 5.15. The zero-order valence-corrected chi connectivity index (χ0v) is 17.0. The molecule has 2 aromatic rings. The number of para-hydroxylation sites is 1. The van der Waals surface area contributed by atoms with Gasteiger partial charge in [-0.15, -0.1) is 0 Å². The number of hydrogen-bond donors (Lipinski definition) is 1. The molecule has 0 spiro atoms. The molecule has 7 heteroatoms. The first kappa shape index (κ1) is 21.1. The number of hydrogen-bond acceptors (Lipinski definition) is 5. The van der Waals surface area contributed by atoms with Crippen LogP contribution in [0.1, 0.15) is 12.0 Å². The third-order valence-corrected chi connectivity index (χ3v) is 5.15. The number of anilines is 1. The molecule has 1 saturated heterocycles. The average molecular weight is 401 g/mol. The van der Waals surface area contributed by atoms with Crippen molar-refractivity contribution in [1.29, 1.82) is 0 Å². The zero-order chi connectivity index (χ0) is 20.6. The molecule has 0 bridgehead atoms. The predicted octanol–water partition coefficient (Wildman–Crippen LogP) is 2.99. The molecule has 0 unspecified atom stereocenters. The molecule has 1 amide bonds. The van der Waals surface area contributed by atoms with E-state index >= 15 is 0 Å². The first-order valence-electron chi connectivity index (χ1n) is 9.79. The molecule has 2 aromatic carbocycles. The average Bonchev–Trinajstić information content (AvgIpc) is 2.75. The van der Waals surface area contributed by atoms with Gasteiger partial charge in [0.2, 0.25) is 5.91 Å². The van der Waals surface area contributed by atoms with Crippen molar-refractivity contribution in [3.63, 3.8) is 0 Å². The van der Waals surface area contributed by atoms with Crippen molar-refractivity contribution in [2.45, 2.75) is 13.0 Å². The lowest BCUT2D eigenvalue weighted by molar-refractivity contribution is -0.116. The number of halogens is 1. The summed E-state index contributed by atoms with van der Waals surface area (Å²) in [6, 6.07) is 12.1. The maximum Gasteiger partial charge on any atom is 0.225 e. The normalized spacial score (nSPS) is 15.1. The Balaban J connectivity index is 1.44. The maximum absolute atomic E-state index is 13.6. The third kappa shape index (κ3) is 5.92. The SMILES string of the molecule is COc1ccc(OC)c(CN2CCN(CCC(=O)Nc3ccccc3F)CC2)c1. The highest BCUT2D eigenvalue weighted by Crippen LogP contribution is 2.25. The van der Waals surface area contributed by atoms with E-state index in [1.54, 1.807) is 32.4 Å². The van der Waals surface area contributed by atoms with Crippen LogP contribution in [0.15, 0.2) is 42.5 Å². The second-order valence-corrected chi connectivity index (χ2v) is 7.07. The molecule has 29 heavy (non-hydrogen) atoms. The van der Waals surface area contributed by atoms with E-state index in [2.05, 4.69) is 15.1 Å². The van der Waals surface area contributed by atoms with E-state index in [1.165, 1.54) is 6.07 Å². The summed E-state index contributed by atoms with van der Waals surface area (Å²) in [4.78, 5) is 16.7. The van der Waals surface area contributed by atoms with E-state index in [0.717, 1.165) is 49.8 Å². The first-order chi connectivity index (χ1) is 14.1. The van der Waals surface area contributed by atoms with Crippen LogP contribution in [0.5, 0.6) is 11.5 Å². The van der Waals surface area contributed by atoms with Crippen molar-refractivity contribution in [1.82, 2.24) is 9.80 Å². The number of nitrogens with zero attached hydrogens (tertiary/aromatic N) is 2. The number of benzene rings is 2. The van der Waals surface area contributed by atoms with Gasteiger partial charge in [-0.3, -0.25) is 9.69 Å². The fourth-order valence-electron chi connectivity index (χ4n) is 3.45. The molecular weight excluding hydrogens is 373 g/mol. The standard InChI is InChI=1S/C22H28FN3O3/c1-28-18-7-8-21(29-2)17(15-18)16-26-13-11-25(12-14-26)10-9-22(27)24-20-6-4-3-5-19(20)23/h3-8,15H,9-14,16H2,1-2H3,(H,24,27). The van der Waals surface area contributed by atoms with Crippen LogP contribution in [-0.4, -0.2) is 62.7 Å². The Morgan fingerprint density at radius 3 is 2.45 bits per heavy atom. The molecule has 1 heterocycles. The van der Waals surface area contributed by atoms with Crippen LogP contribution >= 0.6 is 0 Å². The summed E-state index contributed by atoms with van der Waals surface area (Å²) in [5, 5.41) is 2.64. The molecule has 1 fully saturated rings. The van der Waals surface area contributed by atoms with Gasteiger partial charge in [-0.2, -0.15) is 0 Å². The van der Waals surface area contributed by atoms with Crippen molar-refractivity contribution in [3.05, 3.63) is 53.8 Å². The molecule has 0 saturated carbocycles. The second kappa shape index (κ2) is 10.2. The van der Waals surface area contributed by atoms with Gasteiger partial charge >= 0.3 is 0 Å². The Bertz CT molecular complexity index is 823. The Hall–Kier alpha value is -2.64. The van der Waals surface area contributed by atoms with E-state index in [0.29, 0.717) is 13.0 Å². The van der Waals surface area contributed by atoms with Gasteiger partial charge in [-0.1, -0.05) is 12.1 Å². The number of carbonyl (C=O) groups is 1. The Labute approximate surface area is 171 Å². The molecule has 0 radical (unpaired) electrons. The number of ether oxygens (including phenoxy) is 2. The van der Waals surface area contributed by atoms with E-state index in [9.17, 15) is 9.18 Å². The summed E-state index contributed by atoms with van der Waals surface area (Å²) >= 11 is 0. The van der Waals surface area contributed by atoms with E-state index < -0.39 is 5.82 Å². The number of nitrogens with one attached hydrogen (secondary N) is 1. The van der Waals surface area contributed by atoms with Crippen molar-refractivity contribution in [2.75, 3.05) is 52.3 Å². The summed E-state index contributed by atoms with van der Waals surface area (Å²) in [5.41, 5.74) is 1.33. The predicted molar refractivity (Wildman–Crippen MR) is 111 cm³/mol. The van der Waals surface area contributed by atoms with Gasteiger partial charge in [0.05, 0.1) is 19.9 Å². The van der Waals surface area contributed by atoms with Crippen molar-refractivity contribution >= 4 is 11.6 Å². The minimum Gasteiger partial charge on any atom is -0.497 e. The van der Waals surface area contributed by atoms with Gasteiger partial charge in [0.1, 0.15) is 17.3 Å². The van der Waals surface area contributed by atoms with Crippen LogP contribution < -0.4 is 14.8 Å². The number of methoxy groups -OCH3 is 2. The number of carbonyl (C=O) groups excluding carboxylic acids is 1. The number of amides is 1. The summed E-state index contributed by atoms with van der Waals surface area (Å²) in [6.07, 6.45) is 0.345. The molecule has 0 atom stereocenters. The summed E-state index contributed by atoms with van der Waals surface area (Å²) in [7, 11) is 3.34. The highest BCUT2D eigenvalue weighted by molar-refractivity contribution is 5.90. The molecule has 0 aromatic heterocycles. The molecule has 1 N–H and O–H groups in total. The van der Waals surface area contributed by atoms with Gasteiger partial charge in [-0.25, -0.2) is 4.39 Å². The van der Waals surface area contributed by atoms with Gasteiger partial charge in [0.25, 0.3) is 0 Å². The van der Waals surface area contributed by atoms with E-state index in [1.807, 2.05) is 18.2 Å². The van der Waals surface area contributed by atoms with Crippen LogP contribution in [0.3, 0.4) is 0 Å². The molecule has 3 rings (SSSR count). The summed E-state index contributed by atoms with van der Waals surface area (Å²) < 4.78 is 24.4. The fraction of sp³-hybridized carbons (Fsp3) is 0.409. The van der Waals surface area contributed by atoms with Gasteiger partial charge in [0, 0.05) is 51.3 Å². The lowest BCUT2D eigenvalue weighted by atomic mass is 10.1. The summed E-state index contributed by atoms with van der Waals surface area (Å²) in [5.74, 6) is 1.10. The largest absolute Gasteiger partial charge is 0.497 e. The van der Waals surface area contributed by atoms with Crippen LogP contribution in [-0.2, 0) is 11.3 Å². The highest BCUT2D eigenvalue weighted by Gasteiger charge is 2.19. The van der Waals surface area contributed by atoms with E-state index in [4.69, 9.17) is 9.47 Å². The molecule has 1 aliphatic rings. The van der Waals surface area contributed by atoms with Crippen molar-refractivity contribution in [2.24, 2.45) is 0 Å². The van der Waals surface area contributed by atoms with Crippen molar-refractivity contribution < 1.29 is 18.7 Å². The molecule has 1 aliphatic heterocycles. The molecule has 6 nitrogen and oxygen atoms in total. The molecule has 0 aliphatic carbocycles. The quantitative estimate of drug-likeness (QED) is 0.737. The van der Waals surface area contributed by atoms with Crippen LogP contribution in [0, 0.1) is 5.82 Å². The maximum atomic E-state index is 13.6. The van der Waals surface area contributed by atoms with Gasteiger partial charge in [0.15, 0.2) is 0 Å². The number of rotatable bonds is 8. The first-order valence-corrected chi connectivity index (χ1v) is 9.79. The van der Waals surface area contributed by atoms with Crippen LogP contribution in [0.2, 0.25) is 0 Å². The van der Waals surface area contributed by atoms with Crippen LogP contribution in [0.25, 0.3) is 0 Å². The Morgan fingerprint density at radius 1 is 1.03 bits per heavy atom. The zero-order valence-electron chi connectivity index (χ0n) is 17.0. The second-order valence-electron chi connectivity index (χ2n) is 7.07. The van der Waals surface area contributed by atoms with E-state index in [-0.39, 0.29) is 11.6 Å². The molecular formula is C22H28FN3O3. The summed E-state index contributed by atoms with van der Waals surface area (Å²) in [6.45, 7) is 5.06. The monoisotopic (exact) mass is 401 g/mol. The molecule has 156 valence electrons. The highest BCUT2D eigenvalue weighted by atomic mass is 19.1. The lowest BCUT2D eigenvalue weighted by Gasteiger charge is -2.34. The minimum absolute atomic E-state index is 0.168.